The van der Waals surface area contributed by atoms with Gasteiger partial charge in [0.15, 0.2) is 0 Å². The van der Waals surface area contributed by atoms with Crippen LogP contribution >= 0.6 is 11.3 Å². The van der Waals surface area contributed by atoms with Crippen molar-refractivity contribution in [2.24, 2.45) is 5.92 Å². The topological polar surface area (TPSA) is 78.4 Å². The number of carboxylic acids is 1. The first-order valence-electron chi connectivity index (χ1n) is 6.32. The van der Waals surface area contributed by atoms with Gasteiger partial charge in [-0.2, -0.15) is 11.3 Å². The Morgan fingerprint density at radius 1 is 1.47 bits per heavy atom. The van der Waals surface area contributed by atoms with Crippen molar-refractivity contribution in [2.45, 2.75) is 32.7 Å². The largest absolute Gasteiger partial charge is 0.480 e. The van der Waals surface area contributed by atoms with Crippen molar-refractivity contribution in [2.75, 3.05) is 6.54 Å². The van der Waals surface area contributed by atoms with E-state index in [1.807, 2.05) is 30.7 Å². The molecule has 0 radical (unpaired) electrons. The van der Waals surface area contributed by atoms with E-state index in [9.17, 15) is 9.59 Å². The molecule has 0 aliphatic carbocycles. The van der Waals surface area contributed by atoms with Crippen LogP contribution in [0.3, 0.4) is 0 Å². The molecule has 2 amide bonds. The quantitative estimate of drug-likeness (QED) is 0.717. The van der Waals surface area contributed by atoms with Gasteiger partial charge in [-0.15, -0.1) is 0 Å². The van der Waals surface area contributed by atoms with Crippen LogP contribution in [-0.2, 0) is 11.2 Å². The fourth-order valence-electron chi connectivity index (χ4n) is 1.63. The molecule has 106 valence electrons. The average Bonchev–Trinajstić information content (AvgIpc) is 2.87. The van der Waals surface area contributed by atoms with Crippen LogP contribution in [0.2, 0.25) is 0 Å². The van der Waals surface area contributed by atoms with Crippen molar-refractivity contribution in [3.05, 3.63) is 22.4 Å². The lowest BCUT2D eigenvalue weighted by molar-refractivity contribution is -0.140. The summed E-state index contributed by atoms with van der Waals surface area (Å²) < 4.78 is 0. The van der Waals surface area contributed by atoms with Crippen LogP contribution in [0.5, 0.6) is 0 Å². The molecule has 1 rings (SSSR count). The lowest BCUT2D eigenvalue weighted by Gasteiger charge is -2.20. The van der Waals surface area contributed by atoms with E-state index in [0.717, 1.165) is 6.42 Å². The smallest absolute Gasteiger partial charge is 0.326 e. The highest BCUT2D eigenvalue weighted by molar-refractivity contribution is 7.07. The average molecular weight is 284 g/mol. The molecule has 0 saturated heterocycles. The molecule has 1 aromatic rings. The van der Waals surface area contributed by atoms with Gasteiger partial charge in [0, 0.05) is 6.54 Å². The minimum atomic E-state index is -0.998. The summed E-state index contributed by atoms with van der Waals surface area (Å²) in [6, 6.07) is 0.734. The van der Waals surface area contributed by atoms with Crippen LogP contribution in [0.25, 0.3) is 0 Å². The third-order valence-electron chi connectivity index (χ3n) is 3.04. The number of amides is 2. The van der Waals surface area contributed by atoms with Crippen molar-refractivity contribution in [3.63, 3.8) is 0 Å². The number of nitrogens with one attached hydrogen (secondary N) is 2. The Labute approximate surface area is 117 Å². The second-order valence-electron chi connectivity index (χ2n) is 4.48. The molecule has 0 aliphatic rings. The summed E-state index contributed by atoms with van der Waals surface area (Å²) in [6.07, 6.45) is 1.45. The fourth-order valence-corrected chi connectivity index (χ4v) is 2.33. The Bertz CT molecular complexity index is 406. The molecule has 0 aliphatic heterocycles. The van der Waals surface area contributed by atoms with Crippen LogP contribution in [-0.4, -0.2) is 29.7 Å². The first-order valence-corrected chi connectivity index (χ1v) is 7.27. The normalized spacial score (nSPS) is 13.6. The van der Waals surface area contributed by atoms with Gasteiger partial charge >= 0.3 is 12.0 Å². The summed E-state index contributed by atoms with van der Waals surface area (Å²) in [5, 5.41) is 18.2. The highest BCUT2D eigenvalue weighted by Crippen LogP contribution is 2.08. The minimum Gasteiger partial charge on any atom is -0.480 e. The number of hydrogen-bond acceptors (Lipinski definition) is 3. The maximum atomic E-state index is 11.6. The Morgan fingerprint density at radius 2 is 2.21 bits per heavy atom. The van der Waals surface area contributed by atoms with E-state index in [4.69, 9.17) is 5.11 Å². The second kappa shape index (κ2) is 7.78. The number of rotatable bonds is 7. The van der Waals surface area contributed by atoms with Crippen molar-refractivity contribution in [1.29, 1.82) is 0 Å². The number of carbonyl (C=O) groups excluding carboxylic acids is 1. The summed E-state index contributed by atoms with van der Waals surface area (Å²) in [4.78, 5) is 22.7. The molecule has 0 fully saturated rings. The lowest BCUT2D eigenvalue weighted by Crippen LogP contribution is -2.49. The predicted octanol–water partition coefficient (Wildman–Crippen LogP) is 2.09. The van der Waals surface area contributed by atoms with E-state index in [0.29, 0.717) is 13.0 Å². The highest BCUT2D eigenvalue weighted by Gasteiger charge is 2.24. The fraction of sp³-hybridized carbons (Fsp3) is 0.538. The van der Waals surface area contributed by atoms with Crippen LogP contribution in [0.15, 0.2) is 16.8 Å². The van der Waals surface area contributed by atoms with Gasteiger partial charge < -0.3 is 15.7 Å². The molecule has 6 heteroatoms. The molecule has 0 saturated carbocycles. The van der Waals surface area contributed by atoms with E-state index in [-0.39, 0.29) is 5.92 Å². The molecule has 5 nitrogen and oxygen atoms in total. The van der Waals surface area contributed by atoms with E-state index >= 15 is 0 Å². The first-order chi connectivity index (χ1) is 9.04. The maximum absolute atomic E-state index is 11.6. The van der Waals surface area contributed by atoms with E-state index in [2.05, 4.69) is 10.6 Å². The second-order valence-corrected chi connectivity index (χ2v) is 5.26. The number of thiophene rings is 1. The lowest BCUT2D eigenvalue weighted by atomic mass is 9.99. The van der Waals surface area contributed by atoms with Crippen LogP contribution in [0, 0.1) is 5.92 Å². The molecule has 0 spiro atoms. The summed E-state index contributed by atoms with van der Waals surface area (Å²) in [5.74, 6) is -1.09. The molecule has 1 aromatic heterocycles. The van der Waals surface area contributed by atoms with E-state index in [1.54, 1.807) is 11.3 Å². The molecule has 0 aromatic carbocycles. The number of aliphatic carboxylic acids is 1. The molecule has 1 heterocycles. The number of urea groups is 1. The van der Waals surface area contributed by atoms with Crippen LogP contribution in [0.1, 0.15) is 25.8 Å². The third-order valence-corrected chi connectivity index (χ3v) is 3.78. The van der Waals surface area contributed by atoms with E-state index in [1.165, 1.54) is 5.56 Å². The summed E-state index contributed by atoms with van der Waals surface area (Å²) in [5.41, 5.74) is 1.17. The number of carboxylic acid groups (broad SMARTS) is 1. The Hall–Kier alpha value is -1.56. The van der Waals surface area contributed by atoms with Crippen molar-refractivity contribution in [3.8, 4) is 0 Å². The van der Waals surface area contributed by atoms with Crippen molar-refractivity contribution >= 4 is 23.3 Å². The Kier molecular flexibility index (Phi) is 6.35. The van der Waals surface area contributed by atoms with Gasteiger partial charge in [-0.1, -0.05) is 20.3 Å². The zero-order chi connectivity index (χ0) is 14.3. The predicted molar refractivity (Wildman–Crippen MR) is 75.4 cm³/mol. The molecular weight excluding hydrogens is 264 g/mol. The summed E-state index contributed by atoms with van der Waals surface area (Å²) >= 11 is 1.61. The molecule has 0 bridgehead atoms. The van der Waals surface area contributed by atoms with Gasteiger partial charge in [-0.25, -0.2) is 9.59 Å². The molecular formula is C13H20N2O3S. The standard InChI is InChI=1S/C13H20N2O3S/c1-3-9(2)11(12(16)17)15-13(18)14-6-4-10-5-7-19-8-10/h5,7-9,11H,3-4,6H2,1-2H3,(H,16,17)(H2,14,15,18)/t9?,11-/m1/s1. The monoisotopic (exact) mass is 284 g/mol. The van der Waals surface area contributed by atoms with Crippen molar-refractivity contribution < 1.29 is 14.7 Å². The van der Waals surface area contributed by atoms with Gasteiger partial charge in [0.2, 0.25) is 0 Å². The molecule has 19 heavy (non-hydrogen) atoms. The van der Waals surface area contributed by atoms with Gasteiger partial charge in [-0.3, -0.25) is 0 Å². The van der Waals surface area contributed by atoms with Crippen LogP contribution in [0.4, 0.5) is 4.79 Å². The summed E-state index contributed by atoms with van der Waals surface area (Å²) in [7, 11) is 0. The zero-order valence-corrected chi connectivity index (χ0v) is 12.0. The van der Waals surface area contributed by atoms with Crippen LogP contribution < -0.4 is 10.6 Å². The zero-order valence-electron chi connectivity index (χ0n) is 11.2. The molecule has 2 atom stereocenters. The van der Waals surface area contributed by atoms with Gasteiger partial charge in [0.05, 0.1) is 0 Å². The first kappa shape index (κ1) is 15.5. The third kappa shape index (κ3) is 5.30. The Balaban J connectivity index is 2.34. The number of hydrogen-bond donors (Lipinski definition) is 3. The minimum absolute atomic E-state index is 0.0971. The van der Waals surface area contributed by atoms with Crippen molar-refractivity contribution in [1.82, 2.24) is 10.6 Å². The molecule has 1 unspecified atom stereocenters. The van der Waals surface area contributed by atoms with Gasteiger partial charge in [0.25, 0.3) is 0 Å². The SMILES string of the molecule is CCC(C)[C@@H](NC(=O)NCCc1ccsc1)C(=O)O. The van der Waals surface area contributed by atoms with E-state index < -0.39 is 18.0 Å². The van der Waals surface area contributed by atoms with Gasteiger partial charge in [0.1, 0.15) is 6.04 Å². The Morgan fingerprint density at radius 3 is 2.74 bits per heavy atom. The van der Waals surface area contributed by atoms with Gasteiger partial charge in [-0.05, 0) is 34.7 Å². The molecule has 3 N–H and O–H groups in total. The number of carbonyl (C=O) groups is 2. The maximum Gasteiger partial charge on any atom is 0.326 e. The highest BCUT2D eigenvalue weighted by atomic mass is 32.1. The summed E-state index contributed by atoms with van der Waals surface area (Å²) in [6.45, 7) is 4.20.